The molecule has 0 bridgehead atoms. The van der Waals surface area contributed by atoms with Crippen molar-refractivity contribution in [3.63, 3.8) is 0 Å². The van der Waals surface area contributed by atoms with Gasteiger partial charge in [0.1, 0.15) is 0 Å². The molecule has 3 aromatic rings. The molecule has 0 unspecified atom stereocenters. The van der Waals surface area contributed by atoms with Crippen molar-refractivity contribution in [2.45, 2.75) is 50.7 Å². The van der Waals surface area contributed by atoms with E-state index in [2.05, 4.69) is 43.8 Å². The number of H-pyrrole nitrogens is 1. The molecule has 1 amide bonds. The minimum atomic E-state index is -5.08. The Morgan fingerprint density at radius 2 is 1.92 bits per heavy atom. The Kier molecular flexibility index (Phi) is 8.22. The van der Waals surface area contributed by atoms with Gasteiger partial charge in [-0.3, -0.25) is 14.8 Å². The molecule has 0 spiro atoms. The third kappa shape index (κ3) is 6.94. The molecule has 5 rings (SSSR count). The van der Waals surface area contributed by atoms with Gasteiger partial charge in [0.2, 0.25) is 0 Å². The molecule has 0 atom stereocenters. The van der Waals surface area contributed by atoms with E-state index < -0.39 is 12.1 Å². The van der Waals surface area contributed by atoms with Crippen molar-refractivity contribution < 1.29 is 27.9 Å². The van der Waals surface area contributed by atoms with Gasteiger partial charge < -0.3 is 20.7 Å². The van der Waals surface area contributed by atoms with Crippen molar-refractivity contribution in [3.05, 3.63) is 59.7 Å². The molecular weight excluding hydrogens is 487 g/mol. The number of carboxylic acid groups (broad SMARTS) is 1. The highest BCUT2D eigenvalue weighted by molar-refractivity contribution is 5.97. The number of fused-ring (bicyclic) bond motifs is 1. The summed E-state index contributed by atoms with van der Waals surface area (Å²) in [6.45, 7) is 1.75. The third-order valence-corrected chi connectivity index (χ3v) is 6.39. The number of hydrogen-bond donors (Lipinski definition) is 4. The Morgan fingerprint density at radius 1 is 1.14 bits per heavy atom. The van der Waals surface area contributed by atoms with Gasteiger partial charge in [0.25, 0.3) is 5.91 Å². The molecule has 1 aliphatic heterocycles. The molecule has 196 valence electrons. The molecule has 2 aliphatic rings. The van der Waals surface area contributed by atoms with E-state index >= 15 is 0 Å². The van der Waals surface area contributed by atoms with E-state index in [0.29, 0.717) is 6.54 Å². The number of carbonyl (C=O) groups excluding carboxylic acids is 1. The standard InChI is InChI=1S/C24H27N5O.C2HF3O2/c30-24-20-14-23(29-21(20)9-12-27-24)16-8-11-26-22(13-16)17-6-7-19(28-15-17)5-2-10-25-18-3-1-4-18;3-2(4,5)1(6)7/h6-8,11,13-15,18,25,29H,1-5,9-10,12H2,(H,27,30);(H,6,7). The summed E-state index contributed by atoms with van der Waals surface area (Å²) in [5, 5.41) is 13.6. The van der Waals surface area contributed by atoms with Gasteiger partial charge in [-0.05, 0) is 62.6 Å². The number of hydrogen-bond acceptors (Lipinski definition) is 5. The van der Waals surface area contributed by atoms with Crippen molar-refractivity contribution in [3.8, 4) is 22.5 Å². The number of aliphatic carboxylic acids is 1. The molecule has 0 aromatic carbocycles. The number of carbonyl (C=O) groups is 2. The summed E-state index contributed by atoms with van der Waals surface area (Å²) in [4.78, 5) is 33.5. The van der Waals surface area contributed by atoms with E-state index in [0.717, 1.165) is 71.3 Å². The quantitative estimate of drug-likeness (QED) is 0.351. The first kappa shape index (κ1) is 26.3. The second kappa shape index (κ2) is 11.5. The first-order valence-corrected chi connectivity index (χ1v) is 12.2. The van der Waals surface area contributed by atoms with Gasteiger partial charge in [0, 0.05) is 59.6 Å². The maximum atomic E-state index is 12.0. The number of amides is 1. The van der Waals surface area contributed by atoms with Gasteiger partial charge >= 0.3 is 12.1 Å². The lowest BCUT2D eigenvalue weighted by molar-refractivity contribution is -0.192. The first-order valence-electron chi connectivity index (χ1n) is 12.2. The predicted molar refractivity (Wildman–Crippen MR) is 131 cm³/mol. The molecule has 1 aliphatic carbocycles. The number of halogens is 3. The smallest absolute Gasteiger partial charge is 0.475 e. The molecule has 11 heteroatoms. The number of alkyl halides is 3. The third-order valence-electron chi connectivity index (χ3n) is 6.39. The Bertz CT molecular complexity index is 1240. The fraction of sp³-hybridized carbons (Fsp3) is 0.385. The number of pyridine rings is 2. The van der Waals surface area contributed by atoms with Crippen molar-refractivity contribution in [1.29, 1.82) is 0 Å². The maximum Gasteiger partial charge on any atom is 0.490 e. The molecular formula is C26H28F3N5O3. The van der Waals surface area contributed by atoms with E-state index in [1.54, 1.807) is 0 Å². The Balaban J connectivity index is 0.000000405. The summed E-state index contributed by atoms with van der Waals surface area (Å²) >= 11 is 0. The molecule has 4 N–H and O–H groups in total. The number of rotatable bonds is 7. The van der Waals surface area contributed by atoms with E-state index in [-0.39, 0.29) is 5.91 Å². The lowest BCUT2D eigenvalue weighted by Gasteiger charge is -2.26. The van der Waals surface area contributed by atoms with Crippen molar-refractivity contribution in [1.82, 2.24) is 25.6 Å². The van der Waals surface area contributed by atoms with Crippen molar-refractivity contribution in [2.24, 2.45) is 0 Å². The van der Waals surface area contributed by atoms with Gasteiger partial charge in [-0.25, -0.2) is 4.79 Å². The van der Waals surface area contributed by atoms with Crippen LogP contribution in [0.15, 0.2) is 42.7 Å². The van der Waals surface area contributed by atoms with E-state index in [9.17, 15) is 18.0 Å². The van der Waals surface area contributed by atoms with Gasteiger partial charge in [0.05, 0.1) is 11.3 Å². The van der Waals surface area contributed by atoms with Crippen LogP contribution in [0.4, 0.5) is 13.2 Å². The average molecular weight is 516 g/mol. The molecule has 3 aromatic heterocycles. The van der Waals surface area contributed by atoms with Crippen LogP contribution in [0.1, 0.15) is 47.4 Å². The summed E-state index contributed by atoms with van der Waals surface area (Å²) in [5.74, 6) is -2.76. The van der Waals surface area contributed by atoms with Gasteiger partial charge in [-0.1, -0.05) is 6.42 Å². The number of nitrogens with one attached hydrogen (secondary N) is 3. The van der Waals surface area contributed by atoms with Gasteiger partial charge in [-0.2, -0.15) is 13.2 Å². The average Bonchev–Trinajstić information content (AvgIpc) is 3.29. The molecule has 8 nitrogen and oxygen atoms in total. The lowest BCUT2D eigenvalue weighted by Crippen LogP contribution is -2.35. The zero-order valence-corrected chi connectivity index (χ0v) is 20.1. The van der Waals surface area contributed by atoms with Crippen LogP contribution >= 0.6 is 0 Å². The largest absolute Gasteiger partial charge is 0.490 e. The highest BCUT2D eigenvalue weighted by atomic mass is 19.4. The minimum absolute atomic E-state index is 0.00398. The monoisotopic (exact) mass is 515 g/mol. The highest BCUT2D eigenvalue weighted by Gasteiger charge is 2.38. The second-order valence-corrected chi connectivity index (χ2v) is 9.04. The van der Waals surface area contributed by atoms with Crippen LogP contribution in [0.5, 0.6) is 0 Å². The van der Waals surface area contributed by atoms with Crippen LogP contribution in [0.2, 0.25) is 0 Å². The van der Waals surface area contributed by atoms with E-state index in [1.165, 1.54) is 19.3 Å². The number of carboxylic acids is 1. The van der Waals surface area contributed by atoms with Crippen LogP contribution in [-0.2, 0) is 17.6 Å². The number of aromatic amines is 1. The topological polar surface area (TPSA) is 120 Å². The zero-order chi connectivity index (χ0) is 26.4. The second-order valence-electron chi connectivity index (χ2n) is 9.04. The van der Waals surface area contributed by atoms with Gasteiger partial charge in [-0.15, -0.1) is 0 Å². The first-order chi connectivity index (χ1) is 17.7. The van der Waals surface area contributed by atoms with Crippen molar-refractivity contribution in [2.75, 3.05) is 13.1 Å². The molecule has 4 heterocycles. The molecule has 0 saturated heterocycles. The van der Waals surface area contributed by atoms with Crippen LogP contribution in [0.3, 0.4) is 0 Å². The molecule has 1 saturated carbocycles. The number of nitrogens with zero attached hydrogens (tertiary/aromatic N) is 2. The Morgan fingerprint density at radius 3 is 2.54 bits per heavy atom. The number of aromatic nitrogens is 3. The van der Waals surface area contributed by atoms with Crippen LogP contribution in [0, 0.1) is 0 Å². The molecule has 1 fully saturated rings. The summed E-state index contributed by atoms with van der Waals surface area (Å²) < 4.78 is 31.7. The van der Waals surface area contributed by atoms with Crippen LogP contribution in [-0.4, -0.2) is 57.2 Å². The fourth-order valence-corrected chi connectivity index (χ4v) is 4.12. The van der Waals surface area contributed by atoms with E-state index in [1.807, 2.05) is 24.5 Å². The summed E-state index contributed by atoms with van der Waals surface area (Å²) in [7, 11) is 0. The minimum Gasteiger partial charge on any atom is -0.475 e. The van der Waals surface area contributed by atoms with Gasteiger partial charge in [0.15, 0.2) is 0 Å². The van der Waals surface area contributed by atoms with Crippen LogP contribution < -0.4 is 10.6 Å². The molecule has 37 heavy (non-hydrogen) atoms. The highest BCUT2D eigenvalue weighted by Crippen LogP contribution is 2.27. The lowest BCUT2D eigenvalue weighted by atomic mass is 9.93. The maximum absolute atomic E-state index is 12.0. The summed E-state index contributed by atoms with van der Waals surface area (Å²) in [6, 6.07) is 10.9. The number of aryl methyl sites for hydroxylation is 1. The Labute approximate surface area is 211 Å². The van der Waals surface area contributed by atoms with E-state index in [4.69, 9.17) is 9.90 Å². The predicted octanol–water partition coefficient (Wildman–Crippen LogP) is 4.13. The Hall–Kier alpha value is -3.73. The van der Waals surface area contributed by atoms with Crippen LogP contribution in [0.25, 0.3) is 22.5 Å². The SMILES string of the molecule is O=C(O)C(F)(F)F.O=C1NCCc2[nH]c(-c3ccnc(-c4ccc(CCCNC5CCC5)nc4)c3)cc21. The normalized spacial score (nSPS) is 15.2. The summed E-state index contributed by atoms with van der Waals surface area (Å²) in [5.41, 5.74) is 6.72. The van der Waals surface area contributed by atoms with Crippen molar-refractivity contribution >= 4 is 11.9 Å². The fourth-order valence-electron chi connectivity index (χ4n) is 4.12. The summed E-state index contributed by atoms with van der Waals surface area (Å²) in [6.07, 6.45) is 5.61. The molecule has 0 radical (unpaired) electrons. The zero-order valence-electron chi connectivity index (χ0n) is 20.1.